The fraction of sp³-hybridized carbons (Fsp3) is 0.875. The van der Waals surface area contributed by atoms with E-state index in [1.165, 1.54) is 0 Å². The van der Waals surface area contributed by atoms with Gasteiger partial charge in [0.1, 0.15) is 0 Å². The summed E-state index contributed by atoms with van der Waals surface area (Å²) in [6.45, 7) is 9.73. The number of rotatable bonds is 3. The summed E-state index contributed by atoms with van der Waals surface area (Å²) in [5.41, 5.74) is 0. The van der Waals surface area contributed by atoms with E-state index in [9.17, 15) is 4.79 Å². The molecule has 3 nitrogen and oxygen atoms in total. The predicted molar refractivity (Wildman–Crippen MR) is 50.7 cm³/mol. The fourth-order valence-electron chi connectivity index (χ4n) is 0.0833. The molecule has 1 amide bonds. The van der Waals surface area contributed by atoms with Crippen molar-refractivity contribution in [3.05, 3.63) is 0 Å². The maximum atomic E-state index is 9.29. The van der Waals surface area contributed by atoms with Crippen LogP contribution >= 0.6 is 0 Å². The minimum atomic E-state index is 0.681. The molecule has 0 aromatic heterocycles. The van der Waals surface area contributed by atoms with Crippen molar-refractivity contribution >= 4 is 6.41 Å². The van der Waals surface area contributed by atoms with Crippen LogP contribution in [0.3, 0.4) is 0 Å². The highest BCUT2D eigenvalue weighted by atomic mass is 16.1. The largest absolute Gasteiger partial charge is 0.359 e. The molecule has 0 aliphatic heterocycles. The zero-order valence-corrected chi connectivity index (χ0v) is 8.40. The van der Waals surface area contributed by atoms with E-state index in [0.717, 1.165) is 13.1 Å². The summed E-state index contributed by atoms with van der Waals surface area (Å²) >= 11 is 0. The van der Waals surface area contributed by atoms with Gasteiger partial charge in [-0.3, -0.25) is 4.79 Å². The van der Waals surface area contributed by atoms with Gasteiger partial charge < -0.3 is 10.6 Å². The van der Waals surface area contributed by atoms with Crippen LogP contribution < -0.4 is 10.6 Å². The SMILES string of the molecule is CC.CCNC.CCNC=O. The number of hydrogen-bond acceptors (Lipinski definition) is 2. The zero-order chi connectivity index (χ0) is 9.54. The Hall–Kier alpha value is -0.570. The van der Waals surface area contributed by atoms with Crippen molar-refractivity contribution in [3.8, 4) is 0 Å². The van der Waals surface area contributed by atoms with Crippen molar-refractivity contribution in [2.45, 2.75) is 27.7 Å². The van der Waals surface area contributed by atoms with Gasteiger partial charge in [0.15, 0.2) is 0 Å². The molecular weight excluding hydrogens is 140 g/mol. The lowest BCUT2D eigenvalue weighted by Gasteiger charge is -1.78. The molecule has 70 valence electrons. The molecule has 0 radical (unpaired) electrons. The highest BCUT2D eigenvalue weighted by Crippen LogP contribution is 1.37. The third-order valence-corrected chi connectivity index (χ3v) is 0.641. The van der Waals surface area contributed by atoms with E-state index in [2.05, 4.69) is 17.6 Å². The van der Waals surface area contributed by atoms with Crippen LogP contribution in [-0.4, -0.2) is 26.5 Å². The highest BCUT2D eigenvalue weighted by Gasteiger charge is 1.59. The van der Waals surface area contributed by atoms with E-state index >= 15 is 0 Å². The minimum absolute atomic E-state index is 0.681. The van der Waals surface area contributed by atoms with Gasteiger partial charge in [0.25, 0.3) is 0 Å². The summed E-state index contributed by atoms with van der Waals surface area (Å²) in [4.78, 5) is 9.29. The van der Waals surface area contributed by atoms with Crippen molar-refractivity contribution in [1.29, 1.82) is 0 Å². The van der Waals surface area contributed by atoms with Crippen LogP contribution in [-0.2, 0) is 4.79 Å². The average molecular weight is 162 g/mol. The second-order valence-electron chi connectivity index (χ2n) is 1.38. The lowest BCUT2D eigenvalue weighted by Crippen LogP contribution is -2.07. The van der Waals surface area contributed by atoms with Gasteiger partial charge in [0.2, 0.25) is 6.41 Å². The smallest absolute Gasteiger partial charge is 0.207 e. The molecule has 2 N–H and O–H groups in total. The van der Waals surface area contributed by atoms with Crippen LogP contribution in [0.1, 0.15) is 27.7 Å². The van der Waals surface area contributed by atoms with Gasteiger partial charge in [-0.2, -0.15) is 0 Å². The van der Waals surface area contributed by atoms with Crippen LogP contribution in [0.4, 0.5) is 0 Å². The first-order chi connectivity index (χ1) is 5.33. The molecule has 0 aliphatic rings. The lowest BCUT2D eigenvalue weighted by atomic mass is 10.8. The van der Waals surface area contributed by atoms with E-state index in [0.29, 0.717) is 6.41 Å². The van der Waals surface area contributed by atoms with E-state index in [-0.39, 0.29) is 0 Å². The molecule has 0 atom stereocenters. The van der Waals surface area contributed by atoms with Crippen molar-refractivity contribution in [2.24, 2.45) is 0 Å². The van der Waals surface area contributed by atoms with E-state index in [1.807, 2.05) is 27.8 Å². The molecule has 0 heterocycles. The molecule has 0 aromatic carbocycles. The molecule has 0 aromatic rings. The maximum absolute atomic E-state index is 9.29. The van der Waals surface area contributed by atoms with Gasteiger partial charge in [-0.1, -0.05) is 20.8 Å². The van der Waals surface area contributed by atoms with E-state index in [1.54, 1.807) is 0 Å². The second kappa shape index (κ2) is 34.1. The highest BCUT2D eigenvalue weighted by molar-refractivity contribution is 5.45. The number of hydrogen-bond donors (Lipinski definition) is 2. The van der Waals surface area contributed by atoms with Gasteiger partial charge >= 0.3 is 0 Å². The van der Waals surface area contributed by atoms with Gasteiger partial charge in [-0.15, -0.1) is 0 Å². The molecule has 0 saturated carbocycles. The Bertz CT molecular complexity index is 47.4. The van der Waals surface area contributed by atoms with Gasteiger partial charge in [0.05, 0.1) is 0 Å². The summed E-state index contributed by atoms with van der Waals surface area (Å²) in [6.07, 6.45) is 0.681. The first-order valence-corrected chi connectivity index (χ1v) is 4.15. The molecule has 0 saturated heterocycles. The summed E-state index contributed by atoms with van der Waals surface area (Å²) in [5.74, 6) is 0. The number of nitrogens with one attached hydrogen (secondary N) is 2. The minimum Gasteiger partial charge on any atom is -0.359 e. The molecular formula is C8H22N2O. The van der Waals surface area contributed by atoms with Gasteiger partial charge in [-0.05, 0) is 20.5 Å². The monoisotopic (exact) mass is 162 g/mol. The second-order valence-corrected chi connectivity index (χ2v) is 1.38. The Morgan fingerprint density at radius 3 is 1.55 bits per heavy atom. The van der Waals surface area contributed by atoms with Crippen molar-refractivity contribution in [1.82, 2.24) is 10.6 Å². The number of amides is 1. The lowest BCUT2D eigenvalue weighted by molar-refractivity contribution is -0.109. The molecule has 0 fully saturated rings. The molecule has 0 aliphatic carbocycles. The third-order valence-electron chi connectivity index (χ3n) is 0.641. The molecule has 0 rings (SSSR count). The van der Waals surface area contributed by atoms with Crippen LogP contribution in [0.25, 0.3) is 0 Å². The molecule has 0 unspecified atom stereocenters. The number of carbonyl (C=O) groups is 1. The Morgan fingerprint density at radius 2 is 1.55 bits per heavy atom. The Kier molecular flexibility index (Phi) is 52.2. The van der Waals surface area contributed by atoms with Crippen LogP contribution in [0, 0.1) is 0 Å². The quantitative estimate of drug-likeness (QED) is 0.608. The third kappa shape index (κ3) is 88.2. The summed E-state index contributed by atoms with van der Waals surface area (Å²) < 4.78 is 0. The summed E-state index contributed by atoms with van der Waals surface area (Å²) in [5, 5.41) is 5.36. The number of carbonyl (C=O) groups excluding carboxylic acids is 1. The van der Waals surface area contributed by atoms with E-state index < -0.39 is 0 Å². The molecule has 0 spiro atoms. The normalized spacial score (nSPS) is 6.27. The summed E-state index contributed by atoms with van der Waals surface area (Å²) in [6, 6.07) is 0. The van der Waals surface area contributed by atoms with Gasteiger partial charge in [0, 0.05) is 6.54 Å². The first-order valence-electron chi connectivity index (χ1n) is 4.15. The van der Waals surface area contributed by atoms with Crippen LogP contribution in [0.2, 0.25) is 0 Å². The predicted octanol–water partition coefficient (Wildman–Crippen LogP) is 1.00. The zero-order valence-electron chi connectivity index (χ0n) is 8.40. The molecule has 0 bridgehead atoms. The molecule has 11 heavy (non-hydrogen) atoms. The summed E-state index contributed by atoms with van der Waals surface area (Å²) in [7, 11) is 1.93. The first kappa shape index (κ1) is 16.8. The molecule has 3 heteroatoms. The van der Waals surface area contributed by atoms with Crippen LogP contribution in [0.5, 0.6) is 0 Å². The Balaban J connectivity index is -0.0000000965. The van der Waals surface area contributed by atoms with Crippen molar-refractivity contribution in [2.75, 3.05) is 20.1 Å². The maximum Gasteiger partial charge on any atom is 0.207 e. The average Bonchev–Trinajstić information content (AvgIpc) is 2.10. The Morgan fingerprint density at radius 1 is 1.18 bits per heavy atom. The van der Waals surface area contributed by atoms with Gasteiger partial charge in [-0.25, -0.2) is 0 Å². The topological polar surface area (TPSA) is 41.1 Å². The Labute approximate surface area is 70.6 Å². The standard InChI is InChI=1S/C3H7NO.C3H9N.C2H6/c1-2-4-3-5;1-3-4-2;1-2/h3H,2H2,1H3,(H,4,5);4H,3H2,1-2H3;1-2H3. The van der Waals surface area contributed by atoms with Crippen molar-refractivity contribution in [3.63, 3.8) is 0 Å². The fourth-order valence-corrected chi connectivity index (χ4v) is 0.0833. The van der Waals surface area contributed by atoms with Crippen molar-refractivity contribution < 1.29 is 4.79 Å². The van der Waals surface area contributed by atoms with Crippen LogP contribution in [0.15, 0.2) is 0 Å². The van der Waals surface area contributed by atoms with E-state index in [4.69, 9.17) is 0 Å².